The van der Waals surface area contributed by atoms with Crippen molar-refractivity contribution in [3.8, 4) is 0 Å². The number of hydrogen-bond acceptors (Lipinski definition) is 10. The molecule has 3 aromatic carbocycles. The number of sulfone groups is 3. The molecule has 45 heavy (non-hydrogen) atoms. The minimum atomic E-state index is -4.69. The molecule has 3 rings (SSSR count). The molecule has 0 saturated heterocycles. The molecular weight excluding hydrogens is 652 g/mol. The van der Waals surface area contributed by atoms with Crippen LogP contribution >= 0.6 is 0 Å². The average Bonchev–Trinajstić information content (AvgIpc) is 3.04. The van der Waals surface area contributed by atoms with E-state index >= 15 is 0 Å². The zero-order valence-corrected chi connectivity index (χ0v) is 29.4. The summed E-state index contributed by atoms with van der Waals surface area (Å²) in [5.74, 6) is -2.43. The predicted molar refractivity (Wildman–Crippen MR) is 163 cm³/mol. The molecule has 0 aliphatic rings. The first-order valence-electron chi connectivity index (χ1n) is 13.0. The van der Waals surface area contributed by atoms with Gasteiger partial charge in [-0.1, -0.05) is 77.2 Å². The van der Waals surface area contributed by atoms with Gasteiger partial charge in [-0.25, -0.2) is 31.8 Å². The summed E-state index contributed by atoms with van der Waals surface area (Å²) >= 11 is 0. The number of methoxy groups -OCH3 is 2. The Morgan fingerprint density at radius 3 is 1.60 bits per heavy atom. The Balaban J connectivity index is 0.00000705. The minimum Gasteiger partial charge on any atom is -0.468 e. The van der Waals surface area contributed by atoms with Gasteiger partial charge >= 0.3 is 41.5 Å². The van der Waals surface area contributed by atoms with Gasteiger partial charge in [-0.05, 0) is 49.2 Å². The van der Waals surface area contributed by atoms with Crippen molar-refractivity contribution in [1.82, 2.24) is 0 Å². The second-order valence-electron chi connectivity index (χ2n) is 9.49. The molecule has 3 aromatic rings. The normalized spacial score (nSPS) is 12.1. The van der Waals surface area contributed by atoms with Crippen LogP contribution in [0.25, 0.3) is 0 Å². The van der Waals surface area contributed by atoms with Gasteiger partial charge in [0.1, 0.15) is 9.84 Å². The molecule has 0 fully saturated rings. The first-order chi connectivity index (χ1) is 20.7. The third-order valence-electron chi connectivity index (χ3n) is 6.77. The van der Waals surface area contributed by atoms with Gasteiger partial charge in [-0.2, -0.15) is 0 Å². The molecule has 0 bridgehead atoms. The van der Waals surface area contributed by atoms with Crippen LogP contribution < -0.4 is 29.6 Å². The Bertz CT molecular complexity index is 1820. The van der Waals surface area contributed by atoms with E-state index in [4.69, 9.17) is 9.47 Å². The topological polar surface area (TPSA) is 155 Å². The first-order valence-corrected chi connectivity index (χ1v) is 17.5. The predicted octanol–water partition coefficient (Wildman–Crippen LogP) is 1.47. The Hall–Kier alpha value is -3.20. The zero-order valence-electron chi connectivity index (χ0n) is 25.0. The fraction of sp³-hybridized carbons (Fsp3) is 0.194. The van der Waals surface area contributed by atoms with Gasteiger partial charge in [0.2, 0.25) is 0 Å². The number of ether oxygens (including phenoxy) is 2. The van der Waals surface area contributed by atoms with Crippen LogP contribution in [-0.2, 0) is 48.6 Å². The number of carbonyl (C=O) groups excluding carboxylic acids is 2. The van der Waals surface area contributed by atoms with Crippen LogP contribution in [0.4, 0.5) is 0 Å². The van der Waals surface area contributed by atoms with Gasteiger partial charge < -0.3 is 9.47 Å². The van der Waals surface area contributed by atoms with Crippen molar-refractivity contribution in [2.45, 2.75) is 33.9 Å². The molecule has 0 amide bonds. The summed E-state index contributed by atoms with van der Waals surface area (Å²) < 4.78 is 90.5. The smallest absolute Gasteiger partial charge is 0.468 e. The van der Waals surface area contributed by atoms with Gasteiger partial charge in [0.05, 0.1) is 28.9 Å². The number of benzene rings is 3. The van der Waals surface area contributed by atoms with Crippen molar-refractivity contribution in [3.05, 3.63) is 119 Å². The molecule has 0 saturated carbocycles. The van der Waals surface area contributed by atoms with E-state index in [1.165, 1.54) is 66.7 Å². The number of esters is 2. The molecule has 10 nitrogen and oxygen atoms in total. The molecule has 0 aromatic heterocycles. The molecule has 0 aliphatic carbocycles. The van der Waals surface area contributed by atoms with E-state index < -0.39 is 69.9 Å². The summed E-state index contributed by atoms with van der Waals surface area (Å²) in [5, 5.41) is 0.0652. The second kappa shape index (κ2) is 15.9. The van der Waals surface area contributed by atoms with E-state index in [-0.39, 0.29) is 50.7 Å². The molecule has 14 heteroatoms. The van der Waals surface area contributed by atoms with E-state index in [0.29, 0.717) is 0 Å². The summed E-state index contributed by atoms with van der Waals surface area (Å²) in [6.07, 6.45) is -0.552. The quantitative estimate of drug-likeness (QED) is 0.106. The van der Waals surface area contributed by atoms with Crippen molar-refractivity contribution in [2.24, 2.45) is 5.41 Å². The SMILES string of the molecule is C=C([C-](CC(CC/C=C/S(=O)(=O)c1ccccc1)(C(=O)OC)C(=O)OC)S(=O)(=O)c1ccccc1)S(=O)(=O)c1ccccc1.[Na+]. The van der Waals surface area contributed by atoms with E-state index in [1.807, 2.05) is 0 Å². The third kappa shape index (κ3) is 8.54. The molecule has 0 N–H and O–H groups in total. The van der Waals surface area contributed by atoms with Gasteiger partial charge in [0.15, 0.2) is 25.1 Å². The van der Waals surface area contributed by atoms with E-state index in [0.717, 1.165) is 19.6 Å². The second-order valence-corrected chi connectivity index (χ2v) is 15.3. The number of carbonyl (C=O) groups is 2. The van der Waals surface area contributed by atoms with Crippen LogP contribution in [0.1, 0.15) is 19.3 Å². The van der Waals surface area contributed by atoms with Crippen LogP contribution in [0.3, 0.4) is 0 Å². The van der Waals surface area contributed by atoms with Crippen LogP contribution in [-0.4, -0.2) is 51.4 Å². The summed E-state index contributed by atoms with van der Waals surface area (Å²) in [6.45, 7) is 3.61. The van der Waals surface area contributed by atoms with Crippen molar-refractivity contribution in [1.29, 1.82) is 0 Å². The number of allylic oxidation sites excluding steroid dienone is 1. The average molecular weight is 683 g/mol. The summed E-state index contributed by atoms with van der Waals surface area (Å²) in [5.41, 5.74) is -2.41. The Morgan fingerprint density at radius 1 is 0.733 bits per heavy atom. The van der Waals surface area contributed by atoms with Gasteiger partial charge in [-0.15, -0.1) is 0 Å². The number of hydrogen-bond donors (Lipinski definition) is 0. The number of rotatable bonds is 14. The molecule has 0 unspecified atom stereocenters. The monoisotopic (exact) mass is 682 g/mol. The maximum Gasteiger partial charge on any atom is 1.00 e. The Kier molecular flexibility index (Phi) is 13.4. The Labute approximate surface area is 286 Å². The van der Waals surface area contributed by atoms with Crippen LogP contribution in [0, 0.1) is 10.7 Å². The molecule has 0 heterocycles. The molecular formula is C31H31NaO10S3. The molecule has 0 spiro atoms. The largest absolute Gasteiger partial charge is 1.00 e. The van der Waals surface area contributed by atoms with E-state index in [1.54, 1.807) is 30.3 Å². The van der Waals surface area contributed by atoms with E-state index in [2.05, 4.69) is 6.58 Å². The standard InChI is InChI=1S/C31H31O10S3.Na/c1-24(43(36,37)26-17-9-5-10-18-26)28(44(38,39)27-19-11-6-12-20-27)23-31(29(32)40-2,30(33)41-3)21-13-14-22-42(34,35)25-15-7-4-8-16-25;/h4-12,14-20,22H,1,13,21,23H2,2-3H3;/q-1;+1/b22-14+;. The molecule has 0 radical (unpaired) electrons. The first kappa shape index (κ1) is 38.0. The molecule has 234 valence electrons. The zero-order chi connectivity index (χ0) is 32.6. The maximum atomic E-state index is 14.0. The van der Waals surface area contributed by atoms with Crippen molar-refractivity contribution in [3.63, 3.8) is 0 Å². The minimum absolute atomic E-state index is 0. The van der Waals surface area contributed by atoms with Crippen molar-refractivity contribution >= 4 is 41.5 Å². The summed E-state index contributed by atoms with van der Waals surface area (Å²) in [4.78, 5) is 25.3. The van der Waals surface area contributed by atoms with Gasteiger partial charge in [0.25, 0.3) is 0 Å². The van der Waals surface area contributed by atoms with Crippen LogP contribution in [0.15, 0.2) is 129 Å². The third-order valence-corrected chi connectivity index (χ3v) is 12.1. The van der Waals surface area contributed by atoms with Crippen LogP contribution in [0.2, 0.25) is 0 Å². The summed E-state index contributed by atoms with van der Waals surface area (Å²) in [7, 11) is -11.2. The van der Waals surface area contributed by atoms with E-state index in [9.17, 15) is 34.8 Å². The van der Waals surface area contributed by atoms with Crippen molar-refractivity contribution < 1.29 is 73.9 Å². The molecule has 0 aliphatic heterocycles. The Morgan fingerprint density at radius 2 is 1.16 bits per heavy atom. The summed E-state index contributed by atoms with van der Waals surface area (Å²) in [6, 6.07) is 21.3. The van der Waals surface area contributed by atoms with Crippen LogP contribution in [0.5, 0.6) is 0 Å². The fourth-order valence-corrected chi connectivity index (χ4v) is 8.82. The maximum absolute atomic E-state index is 14.0. The fourth-order valence-electron chi connectivity index (χ4n) is 4.38. The van der Waals surface area contributed by atoms with Gasteiger partial charge in [0, 0.05) is 5.41 Å². The van der Waals surface area contributed by atoms with Crippen molar-refractivity contribution in [2.75, 3.05) is 14.2 Å². The van der Waals surface area contributed by atoms with Gasteiger partial charge in [-0.3, -0.25) is 9.59 Å². The molecule has 0 atom stereocenters.